The van der Waals surface area contributed by atoms with Crippen LogP contribution in [0.2, 0.25) is 0 Å². The van der Waals surface area contributed by atoms with E-state index < -0.39 is 0 Å². The van der Waals surface area contributed by atoms with Gasteiger partial charge in [-0.1, -0.05) is 42.5 Å². The van der Waals surface area contributed by atoms with Gasteiger partial charge in [0.15, 0.2) is 0 Å². The van der Waals surface area contributed by atoms with Gasteiger partial charge < -0.3 is 0 Å². The minimum absolute atomic E-state index is 0.967. The Labute approximate surface area is 137 Å². The molecule has 0 aliphatic heterocycles. The van der Waals surface area contributed by atoms with Crippen molar-refractivity contribution in [3.05, 3.63) is 72.9 Å². The molecule has 23 heavy (non-hydrogen) atoms. The third kappa shape index (κ3) is 2.01. The number of rotatable bonds is 1. The van der Waals surface area contributed by atoms with E-state index in [2.05, 4.69) is 76.9 Å². The number of aromatic nitrogens is 2. The first-order valence-corrected chi connectivity index (χ1v) is 8.33. The van der Waals surface area contributed by atoms with Gasteiger partial charge >= 0.3 is 0 Å². The minimum Gasteiger partial charge on any atom is -0.158 e. The summed E-state index contributed by atoms with van der Waals surface area (Å²) >= 11 is 1.77. The average Bonchev–Trinajstić information content (AvgIpc) is 3.03. The molecular weight excluding hydrogens is 300 g/mol. The standard InChI is InChI=1S/C20H12N2S/c1-2-6-14-10-17-16(9-13(14)5-1)12-21-22-20(17)19-11-15-7-3-4-8-18(15)23-19/h1-12H. The third-order valence-electron chi connectivity index (χ3n) is 4.19. The zero-order valence-corrected chi connectivity index (χ0v) is 13.0. The highest BCUT2D eigenvalue weighted by atomic mass is 32.1. The van der Waals surface area contributed by atoms with Crippen molar-refractivity contribution in [1.29, 1.82) is 0 Å². The van der Waals surface area contributed by atoms with E-state index in [-0.39, 0.29) is 0 Å². The van der Waals surface area contributed by atoms with Gasteiger partial charge in [0.2, 0.25) is 0 Å². The first-order chi connectivity index (χ1) is 11.4. The monoisotopic (exact) mass is 312 g/mol. The molecule has 0 bridgehead atoms. The molecule has 0 saturated heterocycles. The second kappa shape index (κ2) is 4.86. The van der Waals surface area contributed by atoms with Crippen LogP contribution in [-0.4, -0.2) is 10.2 Å². The first-order valence-electron chi connectivity index (χ1n) is 7.52. The maximum atomic E-state index is 4.44. The Bertz CT molecular complexity index is 1140. The quantitative estimate of drug-likeness (QED) is 0.373. The Hall–Kier alpha value is -2.78. The lowest BCUT2D eigenvalue weighted by molar-refractivity contribution is 1.06. The summed E-state index contributed by atoms with van der Waals surface area (Å²) in [5.74, 6) is 0. The van der Waals surface area contributed by atoms with Crippen molar-refractivity contribution in [2.24, 2.45) is 0 Å². The van der Waals surface area contributed by atoms with Crippen LogP contribution in [0, 0.1) is 0 Å². The number of thiophene rings is 1. The van der Waals surface area contributed by atoms with Crippen LogP contribution in [0.25, 0.3) is 42.2 Å². The van der Waals surface area contributed by atoms with Crippen molar-refractivity contribution in [3.8, 4) is 10.6 Å². The molecule has 0 fully saturated rings. The predicted molar refractivity (Wildman–Crippen MR) is 97.9 cm³/mol. The van der Waals surface area contributed by atoms with E-state index in [0.717, 1.165) is 16.5 Å². The molecule has 5 rings (SSSR count). The molecule has 2 aromatic heterocycles. The Kier molecular flexibility index (Phi) is 2.69. The van der Waals surface area contributed by atoms with Crippen molar-refractivity contribution in [2.45, 2.75) is 0 Å². The number of fused-ring (bicyclic) bond motifs is 3. The van der Waals surface area contributed by atoms with Crippen LogP contribution in [0.4, 0.5) is 0 Å². The zero-order valence-electron chi connectivity index (χ0n) is 12.2. The molecule has 3 aromatic carbocycles. The Morgan fingerprint density at radius 2 is 1.43 bits per heavy atom. The smallest absolute Gasteiger partial charge is 0.111 e. The highest BCUT2D eigenvalue weighted by molar-refractivity contribution is 7.22. The van der Waals surface area contributed by atoms with Crippen LogP contribution in [0.1, 0.15) is 0 Å². The maximum Gasteiger partial charge on any atom is 0.111 e. The van der Waals surface area contributed by atoms with Gasteiger partial charge in [0.25, 0.3) is 0 Å². The highest BCUT2D eigenvalue weighted by Crippen LogP contribution is 2.36. The van der Waals surface area contributed by atoms with Gasteiger partial charge in [0.05, 0.1) is 11.1 Å². The normalized spacial score (nSPS) is 11.5. The minimum atomic E-state index is 0.967. The molecule has 108 valence electrons. The predicted octanol–water partition coefficient (Wildman–Crippen LogP) is 5.66. The molecule has 0 radical (unpaired) electrons. The van der Waals surface area contributed by atoms with Gasteiger partial charge in [-0.25, -0.2) is 0 Å². The number of benzene rings is 3. The van der Waals surface area contributed by atoms with Crippen LogP contribution < -0.4 is 0 Å². The second-order valence-corrected chi connectivity index (χ2v) is 6.71. The van der Waals surface area contributed by atoms with Crippen LogP contribution in [0.5, 0.6) is 0 Å². The summed E-state index contributed by atoms with van der Waals surface area (Å²) in [5.41, 5.74) is 0.967. The van der Waals surface area contributed by atoms with Crippen molar-refractivity contribution >= 4 is 43.0 Å². The summed E-state index contributed by atoms with van der Waals surface area (Å²) in [6.45, 7) is 0. The van der Waals surface area contributed by atoms with Gasteiger partial charge in [-0.05, 0) is 40.4 Å². The molecule has 0 amide bonds. The number of hydrogen-bond donors (Lipinski definition) is 0. The second-order valence-electron chi connectivity index (χ2n) is 5.63. The van der Waals surface area contributed by atoms with Gasteiger partial charge in [0.1, 0.15) is 5.69 Å². The summed E-state index contributed by atoms with van der Waals surface area (Å²) in [6.07, 6.45) is 1.85. The summed E-state index contributed by atoms with van der Waals surface area (Å²) in [5, 5.41) is 14.7. The number of nitrogens with zero attached hydrogens (tertiary/aromatic N) is 2. The fourth-order valence-corrected chi connectivity index (χ4v) is 4.11. The molecule has 2 nitrogen and oxygen atoms in total. The van der Waals surface area contributed by atoms with E-state index >= 15 is 0 Å². The molecule has 0 saturated carbocycles. The highest BCUT2D eigenvalue weighted by Gasteiger charge is 2.11. The fraction of sp³-hybridized carbons (Fsp3) is 0. The van der Waals surface area contributed by atoms with Gasteiger partial charge in [0, 0.05) is 15.5 Å². The summed E-state index contributed by atoms with van der Waals surface area (Å²) in [7, 11) is 0. The van der Waals surface area contributed by atoms with E-state index in [4.69, 9.17) is 0 Å². The largest absolute Gasteiger partial charge is 0.158 e. The molecule has 0 atom stereocenters. The van der Waals surface area contributed by atoms with Crippen molar-refractivity contribution < 1.29 is 0 Å². The Balaban J connectivity index is 1.84. The third-order valence-corrected chi connectivity index (χ3v) is 5.31. The van der Waals surface area contributed by atoms with E-state index in [9.17, 15) is 0 Å². The molecule has 3 heteroatoms. The summed E-state index contributed by atoms with van der Waals surface area (Å²) in [6, 6.07) is 23.5. The SMILES string of the molecule is c1ccc2cc3c(-c4cc5ccccc5s4)nncc3cc2c1. The lowest BCUT2D eigenvalue weighted by Gasteiger charge is -2.05. The van der Waals surface area contributed by atoms with Gasteiger partial charge in [-0.2, -0.15) is 5.10 Å². The van der Waals surface area contributed by atoms with Crippen LogP contribution >= 0.6 is 11.3 Å². The molecule has 0 spiro atoms. The summed E-state index contributed by atoms with van der Waals surface area (Å²) < 4.78 is 1.28. The number of hydrogen-bond acceptors (Lipinski definition) is 3. The Morgan fingerprint density at radius 1 is 0.696 bits per heavy atom. The van der Waals surface area contributed by atoms with E-state index in [1.807, 2.05) is 6.20 Å². The zero-order chi connectivity index (χ0) is 15.2. The van der Waals surface area contributed by atoms with Crippen LogP contribution in [0.15, 0.2) is 72.9 Å². The van der Waals surface area contributed by atoms with E-state index in [0.29, 0.717) is 0 Å². The van der Waals surface area contributed by atoms with Gasteiger partial charge in [-0.15, -0.1) is 16.4 Å². The molecule has 2 heterocycles. The maximum absolute atomic E-state index is 4.44. The van der Waals surface area contributed by atoms with Crippen LogP contribution in [-0.2, 0) is 0 Å². The van der Waals surface area contributed by atoms with Crippen molar-refractivity contribution in [1.82, 2.24) is 10.2 Å². The average molecular weight is 312 g/mol. The summed E-state index contributed by atoms with van der Waals surface area (Å²) in [4.78, 5) is 1.17. The lowest BCUT2D eigenvalue weighted by Crippen LogP contribution is -1.88. The first kappa shape index (κ1) is 12.7. The van der Waals surface area contributed by atoms with Gasteiger partial charge in [-0.3, -0.25) is 0 Å². The van der Waals surface area contributed by atoms with E-state index in [1.165, 1.54) is 25.7 Å². The molecule has 0 N–H and O–H groups in total. The molecule has 0 aliphatic rings. The van der Waals surface area contributed by atoms with Crippen LogP contribution in [0.3, 0.4) is 0 Å². The molecular formula is C20H12N2S. The van der Waals surface area contributed by atoms with Crippen molar-refractivity contribution in [3.63, 3.8) is 0 Å². The lowest BCUT2D eigenvalue weighted by atomic mass is 10.0. The van der Waals surface area contributed by atoms with E-state index in [1.54, 1.807) is 11.3 Å². The molecule has 0 unspecified atom stereocenters. The van der Waals surface area contributed by atoms with Crippen molar-refractivity contribution in [2.75, 3.05) is 0 Å². The fourth-order valence-electron chi connectivity index (χ4n) is 3.05. The molecule has 5 aromatic rings. The topological polar surface area (TPSA) is 25.8 Å². The Morgan fingerprint density at radius 3 is 2.26 bits per heavy atom. The molecule has 0 aliphatic carbocycles.